The van der Waals surface area contributed by atoms with Gasteiger partial charge in [0.1, 0.15) is 18.4 Å². The topological polar surface area (TPSA) is 70.7 Å². The summed E-state index contributed by atoms with van der Waals surface area (Å²) in [6, 6.07) is 15.5. The summed E-state index contributed by atoms with van der Waals surface area (Å²) in [4.78, 5) is 28.2. The van der Waals surface area contributed by atoms with Crippen molar-refractivity contribution in [3.8, 4) is 5.75 Å². The molecule has 192 valence electrons. The zero-order valence-corrected chi connectivity index (χ0v) is 22.3. The van der Waals surface area contributed by atoms with E-state index in [1.54, 1.807) is 6.07 Å². The van der Waals surface area contributed by atoms with Crippen molar-refractivity contribution < 1.29 is 14.3 Å². The molecule has 6 heteroatoms. The average Bonchev–Trinajstić information content (AvgIpc) is 2.82. The normalized spacial score (nSPS) is 12.1. The van der Waals surface area contributed by atoms with Crippen molar-refractivity contribution in [1.29, 1.82) is 0 Å². The van der Waals surface area contributed by atoms with Crippen LogP contribution in [0.1, 0.15) is 68.9 Å². The molecule has 2 aromatic carbocycles. The van der Waals surface area contributed by atoms with Crippen LogP contribution in [0.3, 0.4) is 0 Å². The highest BCUT2D eigenvalue weighted by atomic mass is 16.5. The summed E-state index contributed by atoms with van der Waals surface area (Å²) in [6.45, 7) is 14.8. The van der Waals surface area contributed by atoms with Crippen molar-refractivity contribution >= 4 is 11.8 Å². The summed E-state index contributed by atoms with van der Waals surface area (Å²) < 4.78 is 5.95. The van der Waals surface area contributed by atoms with Crippen LogP contribution in [-0.2, 0) is 11.2 Å². The number of carbonyl (C=O) groups is 2. The van der Waals surface area contributed by atoms with Gasteiger partial charge in [-0.25, -0.2) is 0 Å². The SMILES string of the molecule is CCCCNC(=O)C(Cc1ccc(OCCN(C(C)C)C(C)C)cc1)NC(=O)c1ccccc1C. The Morgan fingerprint density at radius 2 is 1.63 bits per heavy atom. The van der Waals surface area contributed by atoms with Crippen molar-refractivity contribution in [3.05, 3.63) is 65.2 Å². The van der Waals surface area contributed by atoms with Gasteiger partial charge in [0.2, 0.25) is 5.91 Å². The first-order valence-electron chi connectivity index (χ1n) is 12.8. The molecule has 0 saturated heterocycles. The first-order chi connectivity index (χ1) is 16.7. The molecule has 2 N–H and O–H groups in total. The van der Waals surface area contributed by atoms with Crippen molar-refractivity contribution in [2.45, 2.75) is 78.9 Å². The minimum Gasteiger partial charge on any atom is -0.492 e. The van der Waals surface area contributed by atoms with Gasteiger partial charge in [-0.05, 0) is 70.4 Å². The van der Waals surface area contributed by atoms with E-state index in [0.717, 1.165) is 36.3 Å². The molecular weight excluding hydrogens is 438 g/mol. The third kappa shape index (κ3) is 9.36. The van der Waals surface area contributed by atoms with E-state index in [0.29, 0.717) is 37.2 Å². The van der Waals surface area contributed by atoms with Crippen LogP contribution in [0, 0.1) is 6.92 Å². The molecule has 0 aliphatic carbocycles. The van der Waals surface area contributed by atoms with Gasteiger partial charge in [-0.15, -0.1) is 0 Å². The first-order valence-corrected chi connectivity index (χ1v) is 12.8. The highest BCUT2D eigenvalue weighted by Gasteiger charge is 2.22. The zero-order valence-electron chi connectivity index (χ0n) is 22.3. The standard InChI is InChI=1S/C29H43N3O3/c1-7-8-17-30-29(34)27(31-28(33)26-12-10-9-11-23(26)6)20-24-13-15-25(16-14-24)35-19-18-32(21(2)3)22(4)5/h9-16,21-22,27H,7-8,17-20H2,1-6H3,(H,30,34)(H,31,33). The van der Waals surface area contributed by atoms with E-state index in [1.165, 1.54) is 0 Å². The second kappa shape index (κ2) is 14.5. The van der Waals surface area contributed by atoms with Gasteiger partial charge in [0.15, 0.2) is 0 Å². The third-order valence-corrected chi connectivity index (χ3v) is 6.15. The number of hydrogen-bond acceptors (Lipinski definition) is 4. The molecule has 35 heavy (non-hydrogen) atoms. The van der Waals surface area contributed by atoms with E-state index in [-0.39, 0.29) is 11.8 Å². The molecule has 0 bridgehead atoms. The van der Waals surface area contributed by atoms with Crippen LogP contribution in [0.25, 0.3) is 0 Å². The van der Waals surface area contributed by atoms with E-state index in [9.17, 15) is 9.59 Å². The summed E-state index contributed by atoms with van der Waals surface area (Å²) in [5.74, 6) is 0.399. The lowest BCUT2D eigenvalue weighted by Gasteiger charge is -2.30. The van der Waals surface area contributed by atoms with E-state index >= 15 is 0 Å². The van der Waals surface area contributed by atoms with Gasteiger partial charge >= 0.3 is 0 Å². The number of nitrogens with one attached hydrogen (secondary N) is 2. The van der Waals surface area contributed by atoms with Crippen molar-refractivity contribution in [2.75, 3.05) is 19.7 Å². The molecule has 2 aromatic rings. The Morgan fingerprint density at radius 3 is 2.23 bits per heavy atom. The molecule has 0 aliphatic heterocycles. The minimum absolute atomic E-state index is 0.164. The molecular formula is C29H43N3O3. The second-order valence-corrected chi connectivity index (χ2v) is 9.61. The fourth-order valence-electron chi connectivity index (χ4n) is 4.12. The largest absolute Gasteiger partial charge is 0.492 e. The van der Waals surface area contributed by atoms with E-state index in [4.69, 9.17) is 4.74 Å². The Kier molecular flexibility index (Phi) is 11.8. The lowest BCUT2D eigenvalue weighted by molar-refractivity contribution is -0.122. The van der Waals surface area contributed by atoms with E-state index < -0.39 is 6.04 Å². The monoisotopic (exact) mass is 481 g/mol. The Labute approximate surface area is 211 Å². The highest BCUT2D eigenvalue weighted by molar-refractivity contribution is 5.98. The lowest BCUT2D eigenvalue weighted by Crippen LogP contribution is -2.48. The van der Waals surface area contributed by atoms with Gasteiger partial charge < -0.3 is 15.4 Å². The van der Waals surface area contributed by atoms with Gasteiger partial charge in [0, 0.05) is 37.2 Å². The molecule has 0 saturated carbocycles. The first kappa shape index (κ1) is 28.4. The molecule has 0 radical (unpaired) electrons. The molecule has 0 fully saturated rings. The van der Waals surface area contributed by atoms with Gasteiger partial charge in [-0.3, -0.25) is 14.5 Å². The third-order valence-electron chi connectivity index (χ3n) is 6.15. The molecule has 2 rings (SSSR count). The van der Waals surface area contributed by atoms with Gasteiger partial charge in [0.05, 0.1) is 0 Å². The van der Waals surface area contributed by atoms with E-state index in [1.807, 2.05) is 49.4 Å². The molecule has 0 spiro atoms. The number of nitrogens with zero attached hydrogens (tertiary/aromatic N) is 1. The van der Waals surface area contributed by atoms with Crippen LogP contribution in [0.2, 0.25) is 0 Å². The van der Waals surface area contributed by atoms with Crippen LogP contribution in [0.15, 0.2) is 48.5 Å². The highest BCUT2D eigenvalue weighted by Crippen LogP contribution is 2.15. The maximum Gasteiger partial charge on any atom is 0.252 e. The average molecular weight is 482 g/mol. The lowest BCUT2D eigenvalue weighted by atomic mass is 10.0. The quantitative estimate of drug-likeness (QED) is 0.382. The molecule has 6 nitrogen and oxygen atoms in total. The number of aryl methyl sites for hydroxylation is 1. The number of rotatable bonds is 14. The number of benzene rings is 2. The summed E-state index contributed by atoms with van der Waals surface area (Å²) in [5.41, 5.74) is 2.42. The fraction of sp³-hybridized carbons (Fsp3) is 0.517. The Bertz CT molecular complexity index is 917. The Hall–Kier alpha value is -2.86. The summed E-state index contributed by atoms with van der Waals surface area (Å²) in [5, 5.41) is 5.90. The van der Waals surface area contributed by atoms with Crippen molar-refractivity contribution in [1.82, 2.24) is 15.5 Å². The fourth-order valence-corrected chi connectivity index (χ4v) is 4.12. The summed E-state index contributed by atoms with van der Waals surface area (Å²) in [6.07, 6.45) is 2.31. The van der Waals surface area contributed by atoms with Crippen LogP contribution in [-0.4, -0.2) is 54.5 Å². The molecule has 0 aromatic heterocycles. The molecule has 0 heterocycles. The predicted octanol–water partition coefficient (Wildman–Crippen LogP) is 4.75. The number of carbonyl (C=O) groups excluding carboxylic acids is 2. The molecule has 0 aliphatic rings. The smallest absolute Gasteiger partial charge is 0.252 e. The maximum absolute atomic E-state index is 12.9. The number of unbranched alkanes of at least 4 members (excludes halogenated alkanes) is 1. The predicted molar refractivity (Wildman–Crippen MR) is 143 cm³/mol. The summed E-state index contributed by atoms with van der Waals surface area (Å²) >= 11 is 0. The van der Waals surface area contributed by atoms with Crippen molar-refractivity contribution in [2.24, 2.45) is 0 Å². The molecule has 1 unspecified atom stereocenters. The Morgan fingerprint density at radius 1 is 0.971 bits per heavy atom. The molecule has 2 amide bonds. The number of hydrogen-bond donors (Lipinski definition) is 2. The van der Waals surface area contributed by atoms with Crippen LogP contribution in [0.4, 0.5) is 0 Å². The van der Waals surface area contributed by atoms with Crippen molar-refractivity contribution in [3.63, 3.8) is 0 Å². The number of ether oxygens (including phenoxy) is 1. The van der Waals surface area contributed by atoms with Crippen LogP contribution >= 0.6 is 0 Å². The van der Waals surface area contributed by atoms with Crippen LogP contribution < -0.4 is 15.4 Å². The second-order valence-electron chi connectivity index (χ2n) is 9.61. The van der Waals surface area contributed by atoms with Crippen LogP contribution in [0.5, 0.6) is 5.75 Å². The number of amides is 2. The molecule has 1 atom stereocenters. The van der Waals surface area contributed by atoms with Gasteiger partial charge in [-0.1, -0.05) is 43.7 Å². The maximum atomic E-state index is 12.9. The summed E-state index contributed by atoms with van der Waals surface area (Å²) in [7, 11) is 0. The van der Waals surface area contributed by atoms with Gasteiger partial charge in [-0.2, -0.15) is 0 Å². The van der Waals surface area contributed by atoms with E-state index in [2.05, 4.69) is 50.2 Å². The Balaban J connectivity index is 2.03. The van der Waals surface area contributed by atoms with Gasteiger partial charge in [0.25, 0.3) is 5.91 Å². The zero-order chi connectivity index (χ0) is 25.8. The minimum atomic E-state index is -0.656.